The fourth-order valence-electron chi connectivity index (χ4n) is 2.78. The first-order valence-corrected chi connectivity index (χ1v) is 7.40. The van der Waals surface area contributed by atoms with Crippen molar-refractivity contribution in [2.45, 2.75) is 44.5 Å². The summed E-state index contributed by atoms with van der Waals surface area (Å²) in [5.41, 5.74) is -0.668. The molecule has 2 heterocycles. The first kappa shape index (κ1) is 14.2. The van der Waals surface area contributed by atoms with Crippen LogP contribution in [0, 0.1) is 0 Å². The predicted molar refractivity (Wildman–Crippen MR) is 77.4 cm³/mol. The summed E-state index contributed by atoms with van der Waals surface area (Å²) < 4.78 is 11.6. The summed E-state index contributed by atoms with van der Waals surface area (Å²) in [6.07, 6.45) is 0.243. The third-order valence-electron chi connectivity index (χ3n) is 4.24. The van der Waals surface area contributed by atoms with Crippen LogP contribution in [0.2, 0.25) is 0 Å². The number of likely N-dealkylation sites (tertiary alicyclic amines) is 1. The van der Waals surface area contributed by atoms with Gasteiger partial charge in [-0.25, -0.2) is 0 Å². The Hall–Kier alpha value is -1.75. The van der Waals surface area contributed by atoms with Gasteiger partial charge in [-0.05, 0) is 38.8 Å². The highest BCUT2D eigenvalue weighted by Gasteiger charge is 2.39. The fourth-order valence-corrected chi connectivity index (χ4v) is 2.78. The van der Waals surface area contributed by atoms with Crippen molar-refractivity contribution in [1.29, 1.82) is 0 Å². The number of carbonyl (C=O) groups is 1. The third kappa shape index (κ3) is 2.83. The van der Waals surface area contributed by atoms with Crippen molar-refractivity contribution in [2.24, 2.45) is 0 Å². The summed E-state index contributed by atoms with van der Waals surface area (Å²) in [6, 6.07) is 7.38. The SMILES string of the molecule is CC1Oc2ccccc2OC1C(=O)N1CCC(C)(O)CC1. The summed E-state index contributed by atoms with van der Waals surface area (Å²) in [5.74, 6) is 1.22. The molecular weight excluding hydrogens is 270 g/mol. The molecule has 21 heavy (non-hydrogen) atoms. The van der Waals surface area contributed by atoms with Gasteiger partial charge in [0.15, 0.2) is 11.5 Å². The molecule has 5 nitrogen and oxygen atoms in total. The molecular formula is C16H21NO4. The van der Waals surface area contributed by atoms with E-state index in [2.05, 4.69) is 0 Å². The highest BCUT2D eigenvalue weighted by atomic mass is 16.6. The van der Waals surface area contributed by atoms with Crippen LogP contribution in [0.15, 0.2) is 24.3 Å². The lowest BCUT2D eigenvalue weighted by molar-refractivity contribution is -0.148. The molecule has 1 aromatic carbocycles. The van der Waals surface area contributed by atoms with Crippen LogP contribution in [0.4, 0.5) is 0 Å². The minimum absolute atomic E-state index is 0.0625. The van der Waals surface area contributed by atoms with Crippen molar-refractivity contribution in [3.05, 3.63) is 24.3 Å². The maximum Gasteiger partial charge on any atom is 0.267 e. The molecule has 0 radical (unpaired) electrons. The molecule has 114 valence electrons. The molecule has 0 aromatic heterocycles. The van der Waals surface area contributed by atoms with Gasteiger partial charge in [-0.2, -0.15) is 0 Å². The van der Waals surface area contributed by atoms with Crippen LogP contribution < -0.4 is 9.47 Å². The van der Waals surface area contributed by atoms with E-state index in [4.69, 9.17) is 9.47 Å². The summed E-state index contributed by atoms with van der Waals surface area (Å²) >= 11 is 0. The van der Waals surface area contributed by atoms with E-state index in [-0.39, 0.29) is 12.0 Å². The lowest BCUT2D eigenvalue weighted by atomic mass is 9.93. The van der Waals surface area contributed by atoms with E-state index in [0.29, 0.717) is 37.4 Å². The molecule has 0 saturated carbocycles. The van der Waals surface area contributed by atoms with Gasteiger partial charge in [0, 0.05) is 13.1 Å². The van der Waals surface area contributed by atoms with Gasteiger partial charge in [-0.1, -0.05) is 12.1 Å². The number of fused-ring (bicyclic) bond motifs is 1. The highest BCUT2D eigenvalue weighted by Crippen LogP contribution is 2.34. The standard InChI is InChI=1S/C16H21NO4/c1-11-14(21-13-6-4-3-5-12(13)20-11)15(18)17-9-7-16(2,19)8-10-17/h3-6,11,14,19H,7-10H2,1-2H3. The van der Waals surface area contributed by atoms with E-state index in [1.165, 1.54) is 0 Å². The molecule has 1 fully saturated rings. The molecule has 0 bridgehead atoms. The minimum atomic E-state index is -0.668. The monoisotopic (exact) mass is 291 g/mol. The number of rotatable bonds is 1. The quantitative estimate of drug-likeness (QED) is 0.853. The van der Waals surface area contributed by atoms with Crippen molar-refractivity contribution in [3.63, 3.8) is 0 Å². The van der Waals surface area contributed by atoms with Crippen molar-refractivity contribution >= 4 is 5.91 Å². The number of benzene rings is 1. The van der Waals surface area contributed by atoms with Crippen molar-refractivity contribution in [1.82, 2.24) is 4.90 Å². The van der Waals surface area contributed by atoms with Crippen molar-refractivity contribution in [3.8, 4) is 11.5 Å². The van der Waals surface area contributed by atoms with Crippen molar-refractivity contribution in [2.75, 3.05) is 13.1 Å². The van der Waals surface area contributed by atoms with Crippen molar-refractivity contribution < 1.29 is 19.4 Å². The Kier molecular flexibility index (Phi) is 3.53. The van der Waals surface area contributed by atoms with E-state index in [1.807, 2.05) is 38.1 Å². The maximum absolute atomic E-state index is 12.6. The highest BCUT2D eigenvalue weighted by molar-refractivity contribution is 5.82. The lowest BCUT2D eigenvalue weighted by Gasteiger charge is -2.39. The Morgan fingerprint density at radius 2 is 1.81 bits per heavy atom. The molecule has 5 heteroatoms. The Morgan fingerprint density at radius 3 is 2.43 bits per heavy atom. The number of carbonyl (C=O) groups excluding carboxylic acids is 1. The minimum Gasteiger partial charge on any atom is -0.482 e. The van der Waals surface area contributed by atoms with Crippen LogP contribution in [0.5, 0.6) is 11.5 Å². The van der Waals surface area contributed by atoms with E-state index < -0.39 is 11.7 Å². The number of amides is 1. The van der Waals surface area contributed by atoms with Crippen LogP contribution in [-0.2, 0) is 4.79 Å². The van der Waals surface area contributed by atoms with Gasteiger partial charge in [-0.15, -0.1) is 0 Å². The molecule has 0 spiro atoms. The van der Waals surface area contributed by atoms with Gasteiger partial charge < -0.3 is 19.5 Å². The molecule has 2 aliphatic heterocycles. The molecule has 3 rings (SSSR count). The smallest absolute Gasteiger partial charge is 0.267 e. The van der Waals surface area contributed by atoms with Gasteiger partial charge in [0.25, 0.3) is 5.91 Å². The molecule has 1 saturated heterocycles. The number of aliphatic hydroxyl groups is 1. The van der Waals surface area contributed by atoms with Gasteiger partial charge in [0.05, 0.1) is 5.60 Å². The first-order valence-electron chi connectivity index (χ1n) is 7.40. The Balaban J connectivity index is 1.71. The second-order valence-corrected chi connectivity index (χ2v) is 6.13. The Bertz CT molecular complexity index is 533. The lowest BCUT2D eigenvalue weighted by Crippen LogP contribution is -2.54. The normalized spacial score (nSPS) is 27.3. The van der Waals surface area contributed by atoms with Gasteiger partial charge in [0.1, 0.15) is 6.10 Å². The summed E-state index contributed by atoms with van der Waals surface area (Å²) in [7, 11) is 0. The zero-order valence-electron chi connectivity index (χ0n) is 12.4. The zero-order chi connectivity index (χ0) is 15.0. The zero-order valence-corrected chi connectivity index (χ0v) is 12.4. The number of para-hydroxylation sites is 2. The van der Waals surface area contributed by atoms with Crippen LogP contribution in [0.25, 0.3) is 0 Å². The number of hydrogen-bond donors (Lipinski definition) is 1. The van der Waals surface area contributed by atoms with Crippen LogP contribution >= 0.6 is 0 Å². The Labute approximate surface area is 124 Å². The van der Waals surface area contributed by atoms with Gasteiger partial charge >= 0.3 is 0 Å². The van der Waals surface area contributed by atoms with Gasteiger partial charge in [-0.3, -0.25) is 4.79 Å². The summed E-state index contributed by atoms with van der Waals surface area (Å²) in [5, 5.41) is 9.97. The number of nitrogens with zero attached hydrogens (tertiary/aromatic N) is 1. The second-order valence-electron chi connectivity index (χ2n) is 6.13. The molecule has 0 aliphatic carbocycles. The summed E-state index contributed by atoms with van der Waals surface area (Å²) in [4.78, 5) is 14.4. The number of ether oxygens (including phenoxy) is 2. The molecule has 2 aliphatic rings. The largest absolute Gasteiger partial charge is 0.482 e. The maximum atomic E-state index is 12.6. The number of hydrogen-bond acceptors (Lipinski definition) is 4. The molecule has 1 amide bonds. The Morgan fingerprint density at radius 1 is 1.24 bits per heavy atom. The fraction of sp³-hybridized carbons (Fsp3) is 0.562. The topological polar surface area (TPSA) is 59.0 Å². The average molecular weight is 291 g/mol. The third-order valence-corrected chi connectivity index (χ3v) is 4.24. The van der Waals surface area contributed by atoms with Crippen LogP contribution in [0.3, 0.4) is 0 Å². The molecule has 1 aromatic rings. The molecule has 2 unspecified atom stereocenters. The molecule has 1 N–H and O–H groups in total. The molecule has 2 atom stereocenters. The van der Waals surface area contributed by atoms with Gasteiger partial charge in [0.2, 0.25) is 6.10 Å². The van der Waals surface area contributed by atoms with E-state index in [1.54, 1.807) is 4.90 Å². The first-order chi connectivity index (χ1) is 9.96. The second kappa shape index (κ2) is 5.22. The predicted octanol–water partition coefficient (Wildman–Crippen LogP) is 1.59. The van der Waals surface area contributed by atoms with E-state index in [0.717, 1.165) is 0 Å². The van der Waals surface area contributed by atoms with E-state index in [9.17, 15) is 9.90 Å². The average Bonchev–Trinajstić information content (AvgIpc) is 2.46. The van der Waals surface area contributed by atoms with Crippen LogP contribution in [-0.4, -0.2) is 46.8 Å². The van der Waals surface area contributed by atoms with E-state index >= 15 is 0 Å². The summed E-state index contributed by atoms with van der Waals surface area (Å²) in [6.45, 7) is 4.77. The number of piperidine rings is 1. The van der Waals surface area contributed by atoms with Crippen LogP contribution in [0.1, 0.15) is 26.7 Å².